The first kappa shape index (κ1) is 17.0. The third-order valence-corrected chi connectivity index (χ3v) is 4.26. The minimum Gasteiger partial charge on any atom is -0.466 e. The average molecular weight is 365 g/mol. The molecule has 6 nitrogen and oxygen atoms in total. The van der Waals surface area contributed by atoms with Crippen molar-refractivity contribution < 1.29 is 18.1 Å². The van der Waals surface area contributed by atoms with Crippen molar-refractivity contribution in [3.63, 3.8) is 0 Å². The first-order valence-corrected chi connectivity index (χ1v) is 8.33. The van der Waals surface area contributed by atoms with Crippen LogP contribution in [0, 0.1) is 26.6 Å². The van der Waals surface area contributed by atoms with Crippen molar-refractivity contribution in [1.29, 1.82) is 0 Å². The standard InChI is InChI=1S/C20H16FN3O3/c1-10-7-15(12(3)26-10)17-9-16(18-11(2)24-27-20(18)23-17)19(25)22-14-6-4-5-13(21)8-14/h4-9H,1-3H3,(H,22,25). The van der Waals surface area contributed by atoms with Crippen LogP contribution in [0.15, 0.2) is 45.3 Å². The number of carbonyl (C=O) groups excluding carboxylic acids is 1. The van der Waals surface area contributed by atoms with Gasteiger partial charge in [-0.2, -0.15) is 0 Å². The lowest BCUT2D eigenvalue weighted by atomic mass is 10.1. The molecule has 0 saturated carbocycles. The van der Waals surface area contributed by atoms with E-state index >= 15 is 0 Å². The Kier molecular flexibility index (Phi) is 3.99. The molecule has 0 bridgehead atoms. The van der Waals surface area contributed by atoms with E-state index in [1.165, 1.54) is 18.2 Å². The lowest BCUT2D eigenvalue weighted by molar-refractivity contribution is 0.102. The lowest BCUT2D eigenvalue weighted by Gasteiger charge is -2.08. The number of nitrogens with zero attached hydrogens (tertiary/aromatic N) is 2. The molecule has 0 atom stereocenters. The third-order valence-electron chi connectivity index (χ3n) is 4.26. The lowest BCUT2D eigenvalue weighted by Crippen LogP contribution is -2.13. The van der Waals surface area contributed by atoms with E-state index in [4.69, 9.17) is 8.94 Å². The number of furan rings is 1. The predicted molar refractivity (Wildman–Crippen MR) is 98.1 cm³/mol. The van der Waals surface area contributed by atoms with Crippen LogP contribution in [0.5, 0.6) is 0 Å². The molecule has 1 N–H and O–H groups in total. The van der Waals surface area contributed by atoms with Gasteiger partial charge in [-0.15, -0.1) is 0 Å². The Hall–Kier alpha value is -3.48. The number of hydrogen-bond donors (Lipinski definition) is 1. The van der Waals surface area contributed by atoms with E-state index in [9.17, 15) is 9.18 Å². The molecule has 7 heteroatoms. The fourth-order valence-corrected chi connectivity index (χ4v) is 3.06. The molecule has 0 unspecified atom stereocenters. The number of aryl methyl sites for hydroxylation is 3. The van der Waals surface area contributed by atoms with Crippen LogP contribution >= 0.6 is 0 Å². The summed E-state index contributed by atoms with van der Waals surface area (Å²) in [6.45, 7) is 5.40. The number of benzene rings is 1. The van der Waals surface area contributed by atoms with Gasteiger partial charge >= 0.3 is 0 Å². The molecule has 0 spiro atoms. The number of nitrogens with one attached hydrogen (secondary N) is 1. The summed E-state index contributed by atoms with van der Waals surface area (Å²) in [7, 11) is 0. The van der Waals surface area contributed by atoms with Crippen LogP contribution in [0.1, 0.15) is 27.6 Å². The zero-order valence-corrected chi connectivity index (χ0v) is 15.0. The summed E-state index contributed by atoms with van der Waals surface area (Å²) in [6, 6.07) is 9.22. The molecule has 3 heterocycles. The Morgan fingerprint density at radius 1 is 1.15 bits per heavy atom. The Balaban J connectivity index is 1.84. The molecule has 1 amide bonds. The van der Waals surface area contributed by atoms with Crippen molar-refractivity contribution in [2.45, 2.75) is 20.8 Å². The fraction of sp³-hybridized carbons (Fsp3) is 0.150. The van der Waals surface area contributed by atoms with Gasteiger partial charge in [-0.3, -0.25) is 4.79 Å². The van der Waals surface area contributed by atoms with E-state index in [0.29, 0.717) is 33.8 Å². The van der Waals surface area contributed by atoms with Gasteiger partial charge in [0, 0.05) is 11.3 Å². The molecule has 1 aromatic carbocycles. The second kappa shape index (κ2) is 6.35. The molecule has 0 aliphatic heterocycles. The second-order valence-corrected chi connectivity index (χ2v) is 6.29. The van der Waals surface area contributed by atoms with Gasteiger partial charge in [0.25, 0.3) is 11.6 Å². The van der Waals surface area contributed by atoms with Crippen LogP contribution in [0.2, 0.25) is 0 Å². The number of halogens is 1. The summed E-state index contributed by atoms with van der Waals surface area (Å²) in [5, 5.41) is 7.15. The number of anilines is 1. The van der Waals surface area contributed by atoms with Crippen molar-refractivity contribution in [3.8, 4) is 11.3 Å². The zero-order valence-electron chi connectivity index (χ0n) is 15.0. The van der Waals surface area contributed by atoms with Crippen molar-refractivity contribution >= 4 is 22.7 Å². The van der Waals surface area contributed by atoms with E-state index in [-0.39, 0.29) is 5.71 Å². The number of pyridine rings is 1. The molecular formula is C20H16FN3O3. The van der Waals surface area contributed by atoms with E-state index in [1.54, 1.807) is 19.1 Å². The van der Waals surface area contributed by atoms with Gasteiger partial charge in [0.05, 0.1) is 22.3 Å². The minimum absolute atomic E-state index is 0.257. The highest BCUT2D eigenvalue weighted by atomic mass is 19.1. The summed E-state index contributed by atoms with van der Waals surface area (Å²) in [5.41, 5.74) is 2.81. The highest BCUT2D eigenvalue weighted by molar-refractivity contribution is 6.13. The topological polar surface area (TPSA) is 81.2 Å². The molecule has 27 heavy (non-hydrogen) atoms. The van der Waals surface area contributed by atoms with Crippen LogP contribution < -0.4 is 5.32 Å². The second-order valence-electron chi connectivity index (χ2n) is 6.29. The highest BCUT2D eigenvalue weighted by Gasteiger charge is 2.21. The van der Waals surface area contributed by atoms with Gasteiger partial charge < -0.3 is 14.3 Å². The van der Waals surface area contributed by atoms with Gasteiger partial charge in [0.15, 0.2) is 0 Å². The third kappa shape index (κ3) is 3.08. The zero-order chi connectivity index (χ0) is 19.1. The molecule has 3 aromatic heterocycles. The van der Waals surface area contributed by atoms with Crippen LogP contribution in [-0.4, -0.2) is 16.0 Å². The molecule has 0 radical (unpaired) electrons. The molecule has 0 aliphatic carbocycles. The molecular weight excluding hydrogens is 349 g/mol. The van der Waals surface area contributed by atoms with Gasteiger partial charge in [-0.1, -0.05) is 11.2 Å². The number of carbonyl (C=O) groups is 1. The predicted octanol–water partition coefficient (Wildman–Crippen LogP) is 4.80. The minimum atomic E-state index is -0.431. The smallest absolute Gasteiger partial charge is 0.259 e. The normalized spacial score (nSPS) is 11.1. The summed E-state index contributed by atoms with van der Waals surface area (Å²) in [6.07, 6.45) is 0. The molecule has 0 aliphatic rings. The Bertz CT molecular complexity index is 1180. The van der Waals surface area contributed by atoms with Crippen LogP contribution in [0.3, 0.4) is 0 Å². The van der Waals surface area contributed by atoms with Crippen molar-refractivity contribution in [2.75, 3.05) is 5.32 Å². The van der Waals surface area contributed by atoms with E-state index < -0.39 is 11.7 Å². The van der Waals surface area contributed by atoms with Crippen molar-refractivity contribution in [1.82, 2.24) is 10.1 Å². The number of amides is 1. The summed E-state index contributed by atoms with van der Waals surface area (Å²) >= 11 is 0. The van der Waals surface area contributed by atoms with Gasteiger partial charge in [-0.05, 0) is 51.1 Å². The Morgan fingerprint density at radius 2 is 1.96 bits per heavy atom. The quantitative estimate of drug-likeness (QED) is 0.564. The number of rotatable bonds is 3. The fourth-order valence-electron chi connectivity index (χ4n) is 3.06. The molecule has 4 aromatic rings. The summed E-state index contributed by atoms with van der Waals surface area (Å²) < 4.78 is 24.3. The highest BCUT2D eigenvalue weighted by Crippen LogP contribution is 2.30. The van der Waals surface area contributed by atoms with Gasteiger partial charge in [0.2, 0.25) is 0 Å². The molecule has 0 fully saturated rings. The maximum absolute atomic E-state index is 13.4. The molecule has 4 rings (SSSR count). The first-order chi connectivity index (χ1) is 12.9. The van der Waals surface area contributed by atoms with E-state index in [0.717, 1.165) is 11.3 Å². The van der Waals surface area contributed by atoms with Crippen molar-refractivity contribution in [2.24, 2.45) is 0 Å². The van der Waals surface area contributed by atoms with Crippen LogP contribution in [0.25, 0.3) is 22.4 Å². The number of aromatic nitrogens is 2. The van der Waals surface area contributed by atoms with Crippen LogP contribution in [0.4, 0.5) is 10.1 Å². The van der Waals surface area contributed by atoms with E-state index in [2.05, 4.69) is 15.5 Å². The number of fused-ring (bicyclic) bond motifs is 1. The Labute approximate surface area is 154 Å². The van der Waals surface area contributed by atoms with Gasteiger partial charge in [0.1, 0.15) is 17.3 Å². The van der Waals surface area contributed by atoms with Gasteiger partial charge in [-0.25, -0.2) is 9.37 Å². The summed E-state index contributed by atoms with van der Waals surface area (Å²) in [4.78, 5) is 17.4. The molecule has 0 saturated heterocycles. The average Bonchev–Trinajstić information content (AvgIpc) is 3.16. The maximum Gasteiger partial charge on any atom is 0.259 e. The molecule has 136 valence electrons. The largest absolute Gasteiger partial charge is 0.466 e. The summed E-state index contributed by atoms with van der Waals surface area (Å²) in [5.74, 6) is 0.591. The first-order valence-electron chi connectivity index (χ1n) is 8.33. The number of hydrogen-bond acceptors (Lipinski definition) is 5. The maximum atomic E-state index is 13.4. The van der Waals surface area contributed by atoms with Crippen LogP contribution in [-0.2, 0) is 0 Å². The SMILES string of the molecule is Cc1cc(-c2cc(C(=O)Nc3cccc(F)c3)c3c(C)noc3n2)c(C)o1. The monoisotopic (exact) mass is 365 g/mol. The van der Waals surface area contributed by atoms with E-state index in [1.807, 2.05) is 19.9 Å². The Morgan fingerprint density at radius 3 is 2.67 bits per heavy atom. The van der Waals surface area contributed by atoms with Crippen molar-refractivity contribution in [3.05, 3.63) is 65.0 Å².